The van der Waals surface area contributed by atoms with E-state index in [4.69, 9.17) is 0 Å². The van der Waals surface area contributed by atoms with Gasteiger partial charge in [-0.2, -0.15) is 0 Å². The first-order valence-corrected chi connectivity index (χ1v) is 12.9. The van der Waals surface area contributed by atoms with E-state index in [1.165, 1.54) is 73.4 Å². The van der Waals surface area contributed by atoms with Crippen LogP contribution in [0.15, 0.2) is 84.4 Å². The molecule has 6 rings (SSSR count). The van der Waals surface area contributed by atoms with Crippen molar-refractivity contribution in [1.82, 2.24) is 0 Å². The minimum atomic E-state index is 0. The smallest absolute Gasteiger partial charge is 0.0377 e. The fourth-order valence-corrected chi connectivity index (χ4v) is 6.24. The molecular weight excluding hydrogens is 579 g/mol. The van der Waals surface area contributed by atoms with Gasteiger partial charge in [0.15, 0.2) is 0 Å². The Morgan fingerprint density at radius 3 is 2.24 bits per heavy atom. The molecule has 3 aliphatic rings. The van der Waals surface area contributed by atoms with Gasteiger partial charge < -0.3 is 13.8 Å². The molecule has 3 aromatic rings. The van der Waals surface area contributed by atoms with Crippen molar-refractivity contribution >= 4 is 21.7 Å². The van der Waals surface area contributed by atoms with Crippen molar-refractivity contribution in [2.45, 2.75) is 43.7 Å². The Kier molecular flexibility index (Phi) is 9.46. The van der Waals surface area contributed by atoms with Crippen molar-refractivity contribution in [3.8, 4) is 11.1 Å². The molecule has 33 heavy (non-hydrogen) atoms. The van der Waals surface area contributed by atoms with E-state index in [0.717, 1.165) is 0 Å². The molecular formula is C31H32HfSi-2. The van der Waals surface area contributed by atoms with Crippen molar-refractivity contribution < 1.29 is 25.8 Å². The van der Waals surface area contributed by atoms with Crippen LogP contribution in [0.25, 0.3) is 23.3 Å². The third-order valence-electron chi connectivity index (χ3n) is 6.62. The second-order valence-electron chi connectivity index (χ2n) is 8.70. The van der Waals surface area contributed by atoms with Crippen LogP contribution in [-0.4, -0.2) is 9.52 Å². The van der Waals surface area contributed by atoms with Gasteiger partial charge in [0.2, 0.25) is 0 Å². The zero-order valence-electron chi connectivity index (χ0n) is 19.7. The molecule has 0 saturated carbocycles. The Hall–Kier alpha value is -1.77. The zero-order chi connectivity index (χ0) is 21.0. The van der Waals surface area contributed by atoms with Crippen LogP contribution in [0.2, 0.25) is 12.1 Å². The van der Waals surface area contributed by atoms with Gasteiger partial charge in [0, 0.05) is 35.4 Å². The van der Waals surface area contributed by atoms with Gasteiger partial charge in [-0.15, -0.1) is 17.9 Å². The minimum absolute atomic E-state index is 0. The fourth-order valence-electron chi connectivity index (χ4n) is 4.99. The minimum Gasteiger partial charge on any atom is -0.358 e. The average molecular weight is 611 g/mol. The first-order chi connectivity index (χ1) is 15.3. The van der Waals surface area contributed by atoms with Crippen molar-refractivity contribution in [2.75, 3.05) is 0 Å². The summed E-state index contributed by atoms with van der Waals surface area (Å²) in [6, 6.07) is 29.2. The second kappa shape index (κ2) is 12.1. The molecule has 2 radical (unpaired) electrons. The fraction of sp³-hybridized carbons (Fsp3) is 0.226. The average Bonchev–Trinajstić information content (AvgIpc) is 3.57. The van der Waals surface area contributed by atoms with Crippen LogP contribution in [0, 0.1) is 13.8 Å². The summed E-state index contributed by atoms with van der Waals surface area (Å²) in [5, 5.41) is 0. The first kappa shape index (κ1) is 25.8. The molecule has 3 aromatic carbocycles. The Labute approximate surface area is 221 Å². The molecule has 0 aromatic heterocycles. The largest absolute Gasteiger partial charge is 0.358 e. The quantitative estimate of drug-likeness (QED) is 0.206. The van der Waals surface area contributed by atoms with Crippen LogP contribution in [0.1, 0.15) is 53.9 Å². The van der Waals surface area contributed by atoms with Gasteiger partial charge in [0.25, 0.3) is 0 Å². The first-order valence-electron chi connectivity index (χ1n) is 11.5. The molecule has 0 bridgehead atoms. The van der Waals surface area contributed by atoms with Gasteiger partial charge in [0.1, 0.15) is 0 Å². The van der Waals surface area contributed by atoms with Gasteiger partial charge in [-0.25, -0.2) is 0 Å². The van der Waals surface area contributed by atoms with Crippen molar-refractivity contribution in [3.63, 3.8) is 0 Å². The van der Waals surface area contributed by atoms with Crippen LogP contribution < -0.4 is 0 Å². The second-order valence-corrected chi connectivity index (χ2v) is 10.2. The molecule has 1 fully saturated rings. The van der Waals surface area contributed by atoms with Crippen molar-refractivity contribution in [3.05, 3.63) is 121 Å². The van der Waals surface area contributed by atoms with Crippen LogP contribution in [0.5, 0.6) is 0 Å². The Morgan fingerprint density at radius 2 is 1.52 bits per heavy atom. The maximum Gasteiger partial charge on any atom is 0.0377 e. The van der Waals surface area contributed by atoms with Crippen LogP contribution >= 0.6 is 0 Å². The molecule has 1 saturated heterocycles. The molecule has 0 spiro atoms. The summed E-state index contributed by atoms with van der Waals surface area (Å²) in [5.41, 5.74) is 9.65. The Balaban J connectivity index is 0.000000391. The SMILES string of the molecule is C1CC[Si]C1.CC1=Cc2ccccc2C1[CH-]C1C=Cc2c(-c3ccccc3)cccc21.[CH3-].[Hf]. The van der Waals surface area contributed by atoms with Gasteiger partial charge in [-0.3, -0.25) is 0 Å². The summed E-state index contributed by atoms with van der Waals surface area (Å²) < 4.78 is 0. The standard InChI is InChI=1S/C26H21.C4H8Si.CH3.Hf/c1-18-16-20-10-5-6-11-24(20)26(18)17-21-14-15-25-22(12-7-13-23(21)25)19-8-3-2-4-9-19;1-2-4-5-3-1;;/h2-17,21,26H,1H3;1-4H2;1H3;/q-1;;-1;. The number of rotatable bonds is 3. The molecule has 1 heterocycles. The topological polar surface area (TPSA) is 0 Å². The van der Waals surface area contributed by atoms with Crippen LogP contribution in [-0.2, 0) is 25.8 Å². The monoisotopic (exact) mass is 612 g/mol. The number of benzene rings is 3. The summed E-state index contributed by atoms with van der Waals surface area (Å²) in [5.74, 6) is 0.778. The van der Waals surface area contributed by atoms with Crippen molar-refractivity contribution in [1.29, 1.82) is 0 Å². The summed E-state index contributed by atoms with van der Waals surface area (Å²) >= 11 is 0. The third-order valence-corrected chi connectivity index (χ3v) is 8.03. The molecule has 2 unspecified atom stereocenters. The molecule has 1 aliphatic heterocycles. The number of fused-ring (bicyclic) bond motifs is 2. The van der Waals surface area contributed by atoms with Crippen molar-refractivity contribution in [2.24, 2.45) is 0 Å². The van der Waals surface area contributed by atoms with E-state index in [9.17, 15) is 0 Å². The maximum absolute atomic E-state index is 2.51. The van der Waals surface area contributed by atoms with E-state index in [1.807, 2.05) is 0 Å². The van der Waals surface area contributed by atoms with Crippen LogP contribution in [0.3, 0.4) is 0 Å². The molecule has 2 aliphatic carbocycles. The third kappa shape index (κ3) is 5.66. The van der Waals surface area contributed by atoms with E-state index in [-0.39, 0.29) is 33.3 Å². The maximum atomic E-state index is 2.51. The summed E-state index contributed by atoms with van der Waals surface area (Å²) in [4.78, 5) is 0. The molecule has 0 amide bonds. The van der Waals surface area contributed by atoms with E-state index in [0.29, 0.717) is 11.8 Å². The molecule has 2 heteroatoms. The molecule has 2 atom stereocenters. The number of hydrogen-bond donors (Lipinski definition) is 0. The predicted molar refractivity (Wildman–Crippen MR) is 142 cm³/mol. The zero-order valence-corrected chi connectivity index (χ0v) is 24.3. The van der Waals surface area contributed by atoms with E-state index >= 15 is 0 Å². The van der Waals surface area contributed by atoms with Crippen LogP contribution in [0.4, 0.5) is 0 Å². The Bertz CT molecular complexity index is 1100. The van der Waals surface area contributed by atoms with Gasteiger partial charge in [-0.05, 0) is 29.2 Å². The molecule has 0 N–H and O–H groups in total. The molecule has 0 nitrogen and oxygen atoms in total. The normalized spacial score (nSPS) is 19.4. The summed E-state index contributed by atoms with van der Waals surface area (Å²) in [7, 11) is 1.31. The van der Waals surface area contributed by atoms with Gasteiger partial charge >= 0.3 is 0 Å². The van der Waals surface area contributed by atoms with E-state index in [1.54, 1.807) is 0 Å². The Morgan fingerprint density at radius 1 is 0.818 bits per heavy atom. The van der Waals surface area contributed by atoms with Gasteiger partial charge in [0.05, 0.1) is 0 Å². The van der Waals surface area contributed by atoms with E-state index < -0.39 is 0 Å². The summed E-state index contributed by atoms with van der Waals surface area (Å²) in [6.45, 7) is 2.25. The summed E-state index contributed by atoms with van der Waals surface area (Å²) in [6.07, 6.45) is 12.5. The molecule has 166 valence electrons. The van der Waals surface area contributed by atoms with Gasteiger partial charge in [-0.1, -0.05) is 127 Å². The van der Waals surface area contributed by atoms with E-state index in [2.05, 4.69) is 104 Å². The predicted octanol–water partition coefficient (Wildman–Crippen LogP) is 8.64. The number of hydrogen-bond acceptors (Lipinski definition) is 0. The number of allylic oxidation sites excluding steroid dienone is 2.